The van der Waals surface area contributed by atoms with Crippen LogP contribution in [0.1, 0.15) is 52.5 Å². The van der Waals surface area contributed by atoms with E-state index in [0.717, 1.165) is 18.4 Å². The predicted molar refractivity (Wildman–Crippen MR) is 99.1 cm³/mol. The fourth-order valence-corrected chi connectivity index (χ4v) is 2.44. The maximum absolute atomic E-state index is 12.7. The molecule has 0 unspecified atom stereocenters. The first kappa shape index (κ1) is 21.4. The number of carbonyl (C=O) groups excluding carboxylic acids is 1. The number of carbonyl (C=O) groups is 1. The molecule has 0 spiro atoms. The first-order valence-electron chi connectivity index (χ1n) is 9.09. The van der Waals surface area contributed by atoms with E-state index in [-0.39, 0.29) is 5.91 Å². The molecule has 1 amide bonds. The highest BCUT2D eigenvalue weighted by Gasteiger charge is 2.33. The van der Waals surface area contributed by atoms with E-state index in [4.69, 9.17) is 14.2 Å². The second kappa shape index (κ2) is 11.1. The summed E-state index contributed by atoms with van der Waals surface area (Å²) in [5.41, 5.74) is 0.675. The molecule has 6 heteroatoms. The zero-order valence-electron chi connectivity index (χ0n) is 16.2. The molecule has 1 rings (SSSR count). The summed E-state index contributed by atoms with van der Waals surface area (Å²) in [4.78, 5) is 16.9. The lowest BCUT2D eigenvalue weighted by atomic mass is 9.99. The number of nitrogens with one attached hydrogen (secondary N) is 1. The van der Waals surface area contributed by atoms with Crippen molar-refractivity contribution in [1.29, 1.82) is 0 Å². The summed E-state index contributed by atoms with van der Waals surface area (Å²) in [7, 11) is 0. The molecule has 0 saturated carbocycles. The molecule has 0 aliphatic carbocycles. The summed E-state index contributed by atoms with van der Waals surface area (Å²) in [5.74, 6) is 0.408. The molecule has 0 saturated heterocycles. The van der Waals surface area contributed by atoms with Crippen LogP contribution >= 0.6 is 0 Å². The third-order valence-electron chi connectivity index (χ3n) is 3.79. The van der Waals surface area contributed by atoms with E-state index in [2.05, 4.69) is 10.3 Å². The van der Waals surface area contributed by atoms with Gasteiger partial charge in [0, 0.05) is 18.8 Å². The van der Waals surface area contributed by atoms with Gasteiger partial charge in [-0.25, -0.2) is 4.98 Å². The number of aryl methyl sites for hydroxylation is 1. The summed E-state index contributed by atoms with van der Waals surface area (Å²) in [6.45, 7) is 12.0. The van der Waals surface area contributed by atoms with E-state index in [1.54, 1.807) is 6.20 Å². The Morgan fingerprint density at radius 3 is 2.56 bits per heavy atom. The molecule has 0 radical (unpaired) electrons. The lowest BCUT2D eigenvalue weighted by Crippen LogP contribution is -2.43. The van der Waals surface area contributed by atoms with Gasteiger partial charge in [-0.2, -0.15) is 0 Å². The van der Waals surface area contributed by atoms with Crippen molar-refractivity contribution >= 4 is 11.6 Å². The summed E-state index contributed by atoms with van der Waals surface area (Å²) in [5, 5.41) is 2.91. The molecule has 0 fully saturated rings. The number of hydrogen-bond acceptors (Lipinski definition) is 5. The van der Waals surface area contributed by atoms with Gasteiger partial charge in [-0.15, -0.1) is 0 Å². The van der Waals surface area contributed by atoms with Crippen molar-refractivity contribution in [2.75, 3.05) is 31.7 Å². The monoisotopic (exact) mass is 352 g/mol. The largest absolute Gasteiger partial charge is 0.475 e. The van der Waals surface area contributed by atoms with Crippen LogP contribution in [0.5, 0.6) is 5.88 Å². The zero-order valence-corrected chi connectivity index (χ0v) is 16.2. The summed E-state index contributed by atoms with van der Waals surface area (Å²) in [6, 6.07) is 1.85. The van der Waals surface area contributed by atoms with Crippen molar-refractivity contribution in [1.82, 2.24) is 4.98 Å². The van der Waals surface area contributed by atoms with E-state index in [9.17, 15) is 4.79 Å². The minimum absolute atomic E-state index is 0.144. The molecule has 1 aromatic rings. The van der Waals surface area contributed by atoms with E-state index < -0.39 is 5.60 Å². The maximum atomic E-state index is 12.7. The Labute approximate surface area is 151 Å². The van der Waals surface area contributed by atoms with Crippen molar-refractivity contribution in [3.8, 4) is 5.88 Å². The average molecular weight is 352 g/mol. The van der Waals surface area contributed by atoms with Crippen LogP contribution in [0.3, 0.4) is 0 Å². The Kier molecular flexibility index (Phi) is 9.45. The maximum Gasteiger partial charge on any atom is 0.256 e. The standard InChI is InChI=1S/C19H32N2O4/c1-6-9-19(5,25-10-7-2)18(22)21-16-13-15(4)17(20-14-16)24-12-11-23-8-3/h13-14H,6-12H2,1-5H3,(H,21,22)/t19-/m0/s1. The number of aromatic nitrogens is 1. The fourth-order valence-electron chi connectivity index (χ4n) is 2.44. The summed E-state index contributed by atoms with van der Waals surface area (Å²) >= 11 is 0. The molecule has 25 heavy (non-hydrogen) atoms. The number of hydrogen-bond donors (Lipinski definition) is 1. The molecule has 1 aromatic heterocycles. The fraction of sp³-hybridized carbons (Fsp3) is 0.684. The number of nitrogens with zero attached hydrogens (tertiary/aromatic N) is 1. The first-order valence-corrected chi connectivity index (χ1v) is 9.09. The van der Waals surface area contributed by atoms with Gasteiger partial charge in [0.15, 0.2) is 0 Å². The Bertz CT molecular complexity index is 536. The van der Waals surface area contributed by atoms with E-state index in [1.165, 1.54) is 0 Å². The molecular formula is C19H32N2O4. The first-order chi connectivity index (χ1) is 12.0. The van der Waals surface area contributed by atoms with Gasteiger partial charge < -0.3 is 19.5 Å². The quantitative estimate of drug-likeness (QED) is 0.581. The normalized spacial score (nSPS) is 13.3. The highest BCUT2D eigenvalue weighted by atomic mass is 16.5. The third kappa shape index (κ3) is 7.00. The van der Waals surface area contributed by atoms with Gasteiger partial charge in [0.2, 0.25) is 5.88 Å². The molecule has 142 valence electrons. The van der Waals surface area contributed by atoms with Crippen molar-refractivity contribution < 1.29 is 19.0 Å². The van der Waals surface area contributed by atoms with Gasteiger partial charge >= 0.3 is 0 Å². The highest BCUT2D eigenvalue weighted by Crippen LogP contribution is 2.23. The Morgan fingerprint density at radius 1 is 1.20 bits per heavy atom. The lowest BCUT2D eigenvalue weighted by molar-refractivity contribution is -0.140. The molecule has 1 atom stereocenters. The second-order valence-corrected chi connectivity index (χ2v) is 6.17. The SMILES string of the molecule is CCCO[C@@](C)(CCC)C(=O)Nc1cnc(OCCOCC)c(C)c1. The van der Waals surface area contributed by atoms with Crippen LogP contribution in [-0.2, 0) is 14.3 Å². The molecular weight excluding hydrogens is 320 g/mol. The molecule has 6 nitrogen and oxygen atoms in total. The smallest absolute Gasteiger partial charge is 0.256 e. The number of anilines is 1. The summed E-state index contributed by atoms with van der Waals surface area (Å²) < 4.78 is 16.6. The predicted octanol–water partition coefficient (Wildman–Crippen LogP) is 3.73. The van der Waals surface area contributed by atoms with E-state index >= 15 is 0 Å². The van der Waals surface area contributed by atoms with Crippen molar-refractivity contribution in [2.24, 2.45) is 0 Å². The Hall–Kier alpha value is -1.66. The zero-order chi connectivity index (χ0) is 18.7. The van der Waals surface area contributed by atoms with Gasteiger partial charge in [0.05, 0.1) is 18.5 Å². The van der Waals surface area contributed by atoms with Crippen LogP contribution in [0.15, 0.2) is 12.3 Å². The van der Waals surface area contributed by atoms with E-state index in [0.29, 0.717) is 44.4 Å². The van der Waals surface area contributed by atoms with Crippen molar-refractivity contribution in [2.45, 2.75) is 59.5 Å². The average Bonchev–Trinajstić information content (AvgIpc) is 2.58. The van der Waals surface area contributed by atoms with Gasteiger partial charge in [-0.3, -0.25) is 4.79 Å². The molecule has 0 aliphatic rings. The highest BCUT2D eigenvalue weighted by molar-refractivity contribution is 5.97. The second-order valence-electron chi connectivity index (χ2n) is 6.17. The van der Waals surface area contributed by atoms with Crippen LogP contribution in [0.25, 0.3) is 0 Å². The van der Waals surface area contributed by atoms with Crippen LogP contribution in [0, 0.1) is 6.92 Å². The molecule has 0 bridgehead atoms. The third-order valence-corrected chi connectivity index (χ3v) is 3.79. The van der Waals surface area contributed by atoms with Crippen LogP contribution in [-0.4, -0.2) is 42.9 Å². The van der Waals surface area contributed by atoms with Crippen LogP contribution < -0.4 is 10.1 Å². The van der Waals surface area contributed by atoms with Gasteiger partial charge in [0.1, 0.15) is 12.2 Å². The topological polar surface area (TPSA) is 69.7 Å². The lowest BCUT2D eigenvalue weighted by Gasteiger charge is -2.28. The van der Waals surface area contributed by atoms with Gasteiger partial charge in [0.25, 0.3) is 5.91 Å². The van der Waals surface area contributed by atoms with Crippen molar-refractivity contribution in [3.05, 3.63) is 17.8 Å². The molecule has 1 N–H and O–H groups in total. The Morgan fingerprint density at radius 2 is 1.96 bits per heavy atom. The number of pyridine rings is 1. The Balaban J connectivity index is 2.71. The number of ether oxygens (including phenoxy) is 3. The minimum Gasteiger partial charge on any atom is -0.475 e. The minimum atomic E-state index is -0.828. The van der Waals surface area contributed by atoms with E-state index in [1.807, 2.05) is 40.7 Å². The van der Waals surface area contributed by atoms with Crippen LogP contribution in [0.4, 0.5) is 5.69 Å². The molecule has 0 aliphatic heterocycles. The van der Waals surface area contributed by atoms with Crippen LogP contribution in [0.2, 0.25) is 0 Å². The van der Waals surface area contributed by atoms with Crippen molar-refractivity contribution in [3.63, 3.8) is 0 Å². The van der Waals surface area contributed by atoms with Gasteiger partial charge in [-0.05, 0) is 39.7 Å². The summed E-state index contributed by atoms with van der Waals surface area (Å²) in [6.07, 6.45) is 4.02. The number of rotatable bonds is 12. The number of amides is 1. The van der Waals surface area contributed by atoms with Gasteiger partial charge in [-0.1, -0.05) is 20.3 Å². The molecule has 1 heterocycles. The molecule has 0 aromatic carbocycles.